The largest absolute Gasteiger partial charge is 0.468 e. The van der Waals surface area contributed by atoms with Gasteiger partial charge in [0.1, 0.15) is 12.4 Å². The lowest BCUT2D eigenvalue weighted by molar-refractivity contribution is -0.142. The van der Waals surface area contributed by atoms with Gasteiger partial charge in [0.05, 0.1) is 12.6 Å². The third-order valence-corrected chi connectivity index (χ3v) is 4.31. The van der Waals surface area contributed by atoms with E-state index in [-0.39, 0.29) is 12.5 Å². The topological polar surface area (TPSA) is 106 Å². The molecule has 126 valence electrons. The number of aromatic nitrogens is 1. The Morgan fingerprint density at radius 1 is 1.39 bits per heavy atom. The number of methoxy groups -OCH3 is 1. The summed E-state index contributed by atoms with van der Waals surface area (Å²) in [7, 11) is 1.28. The number of pyridine rings is 1. The van der Waals surface area contributed by atoms with Crippen LogP contribution in [0, 0.1) is 5.92 Å². The Hall–Kier alpha value is -2.15. The van der Waals surface area contributed by atoms with Gasteiger partial charge in [-0.15, -0.1) is 0 Å². The lowest BCUT2D eigenvalue weighted by Gasteiger charge is -2.35. The summed E-state index contributed by atoms with van der Waals surface area (Å²) in [6.45, 7) is 0.676. The van der Waals surface area contributed by atoms with Crippen LogP contribution in [0.1, 0.15) is 25.7 Å². The Bertz CT molecular complexity index is 527. The molecule has 7 heteroatoms. The molecule has 0 aliphatic heterocycles. The van der Waals surface area contributed by atoms with Crippen LogP contribution in [0.5, 0.6) is 0 Å². The van der Waals surface area contributed by atoms with Gasteiger partial charge < -0.3 is 21.1 Å². The number of carbonyl (C=O) groups excluding carboxylic acids is 2. The van der Waals surface area contributed by atoms with E-state index < -0.39 is 11.5 Å². The van der Waals surface area contributed by atoms with Gasteiger partial charge in [-0.05, 0) is 43.7 Å². The highest BCUT2D eigenvalue weighted by Crippen LogP contribution is 2.30. The van der Waals surface area contributed by atoms with Crippen LogP contribution in [0.2, 0.25) is 0 Å². The molecule has 0 spiro atoms. The molecule has 0 atom stereocenters. The van der Waals surface area contributed by atoms with E-state index in [4.69, 9.17) is 5.73 Å². The molecule has 0 saturated heterocycles. The summed E-state index contributed by atoms with van der Waals surface area (Å²) >= 11 is 0. The maximum Gasteiger partial charge on any atom is 0.325 e. The van der Waals surface area contributed by atoms with Crippen LogP contribution < -0.4 is 16.4 Å². The van der Waals surface area contributed by atoms with E-state index in [2.05, 4.69) is 20.4 Å². The number of nitrogens with two attached hydrogens (primary N) is 1. The first-order valence-corrected chi connectivity index (χ1v) is 7.82. The van der Waals surface area contributed by atoms with E-state index in [0.717, 1.165) is 25.2 Å². The summed E-state index contributed by atoms with van der Waals surface area (Å²) in [5, 5.41) is 5.86. The normalized spacial score (nSPS) is 23.8. The highest BCUT2D eigenvalue weighted by atomic mass is 16.5. The number of carbonyl (C=O) groups is 2. The number of rotatable bonds is 6. The minimum atomic E-state index is -0.893. The van der Waals surface area contributed by atoms with Gasteiger partial charge in [0.25, 0.3) is 0 Å². The zero-order valence-electron chi connectivity index (χ0n) is 13.4. The summed E-state index contributed by atoms with van der Waals surface area (Å²) in [6.07, 6.45) is 4.69. The van der Waals surface area contributed by atoms with E-state index in [1.54, 1.807) is 6.20 Å². The molecule has 0 unspecified atom stereocenters. The number of nitrogens with zero attached hydrogens (tertiary/aromatic N) is 1. The first-order valence-electron chi connectivity index (χ1n) is 7.82. The molecular weight excluding hydrogens is 296 g/mol. The minimum Gasteiger partial charge on any atom is -0.468 e. The van der Waals surface area contributed by atoms with Crippen molar-refractivity contribution in [2.75, 3.05) is 25.5 Å². The van der Waals surface area contributed by atoms with Crippen LogP contribution in [0.4, 0.5) is 5.82 Å². The van der Waals surface area contributed by atoms with Crippen molar-refractivity contribution in [3.05, 3.63) is 24.4 Å². The van der Waals surface area contributed by atoms with Crippen LogP contribution >= 0.6 is 0 Å². The molecule has 1 fully saturated rings. The Morgan fingerprint density at radius 2 is 2.13 bits per heavy atom. The molecule has 1 aromatic heterocycles. The van der Waals surface area contributed by atoms with Crippen molar-refractivity contribution in [1.29, 1.82) is 0 Å². The van der Waals surface area contributed by atoms with Gasteiger partial charge in [-0.1, -0.05) is 6.07 Å². The van der Waals surface area contributed by atoms with Gasteiger partial charge in [-0.3, -0.25) is 9.59 Å². The van der Waals surface area contributed by atoms with Gasteiger partial charge in [-0.2, -0.15) is 0 Å². The van der Waals surface area contributed by atoms with Crippen molar-refractivity contribution in [3.63, 3.8) is 0 Å². The van der Waals surface area contributed by atoms with Crippen molar-refractivity contribution < 1.29 is 14.3 Å². The molecule has 4 N–H and O–H groups in total. The molecule has 1 amide bonds. The lowest BCUT2D eigenvalue weighted by Crippen LogP contribution is -2.56. The Morgan fingerprint density at radius 3 is 2.74 bits per heavy atom. The second-order valence-corrected chi connectivity index (χ2v) is 5.95. The molecular formula is C16H24N4O3. The third kappa shape index (κ3) is 4.92. The Kier molecular flexibility index (Phi) is 5.92. The molecule has 1 saturated carbocycles. The molecule has 0 aromatic carbocycles. The maximum atomic E-state index is 12.2. The lowest BCUT2D eigenvalue weighted by atomic mass is 9.76. The molecule has 7 nitrogen and oxygen atoms in total. The van der Waals surface area contributed by atoms with E-state index in [0.29, 0.717) is 18.8 Å². The van der Waals surface area contributed by atoms with Gasteiger partial charge in [0.2, 0.25) is 5.91 Å². The van der Waals surface area contributed by atoms with Crippen LogP contribution in [-0.4, -0.2) is 42.6 Å². The summed E-state index contributed by atoms with van der Waals surface area (Å²) in [4.78, 5) is 27.5. The zero-order chi connectivity index (χ0) is 16.7. The molecule has 1 aliphatic carbocycles. The van der Waals surface area contributed by atoms with Crippen molar-refractivity contribution in [3.8, 4) is 0 Å². The molecule has 0 radical (unpaired) electrons. The Balaban J connectivity index is 1.75. The highest BCUT2D eigenvalue weighted by molar-refractivity contribution is 5.89. The molecule has 0 bridgehead atoms. The number of nitrogens with one attached hydrogen (secondary N) is 2. The quantitative estimate of drug-likeness (QED) is 0.665. The van der Waals surface area contributed by atoms with E-state index in [1.807, 2.05) is 18.2 Å². The average molecular weight is 320 g/mol. The average Bonchev–Trinajstić information content (AvgIpc) is 2.59. The second kappa shape index (κ2) is 7.92. The van der Waals surface area contributed by atoms with E-state index in [9.17, 15) is 9.59 Å². The summed E-state index contributed by atoms with van der Waals surface area (Å²) in [5.41, 5.74) is 5.31. The van der Waals surface area contributed by atoms with Crippen LogP contribution in [0.3, 0.4) is 0 Å². The number of anilines is 1. The van der Waals surface area contributed by atoms with E-state index in [1.165, 1.54) is 7.11 Å². The second-order valence-electron chi connectivity index (χ2n) is 5.95. The number of esters is 1. The molecule has 1 aromatic rings. The fourth-order valence-corrected chi connectivity index (χ4v) is 2.74. The molecule has 23 heavy (non-hydrogen) atoms. The Labute approximate surface area is 136 Å². The fraction of sp³-hybridized carbons (Fsp3) is 0.562. The van der Waals surface area contributed by atoms with Gasteiger partial charge in [-0.25, -0.2) is 4.98 Å². The predicted molar refractivity (Wildman–Crippen MR) is 86.6 cm³/mol. The van der Waals surface area contributed by atoms with Crippen LogP contribution in [0.15, 0.2) is 24.4 Å². The van der Waals surface area contributed by atoms with Gasteiger partial charge in [0, 0.05) is 12.7 Å². The molecule has 1 aliphatic rings. The minimum absolute atomic E-state index is 0.140. The standard InChI is InChI=1S/C16H24N4O3/c1-23-14(21)11-20-15(22)16(17)7-5-12(6-8-16)10-19-13-4-2-3-9-18-13/h2-4,9,12H,5-8,10-11,17H2,1H3,(H,18,19)(H,20,22). The fourth-order valence-electron chi connectivity index (χ4n) is 2.74. The summed E-state index contributed by atoms with van der Waals surface area (Å²) < 4.78 is 4.50. The smallest absolute Gasteiger partial charge is 0.325 e. The number of hydrogen-bond acceptors (Lipinski definition) is 6. The van der Waals surface area contributed by atoms with Crippen molar-refractivity contribution in [1.82, 2.24) is 10.3 Å². The van der Waals surface area contributed by atoms with Gasteiger partial charge in [0.15, 0.2) is 0 Å². The predicted octanol–water partition coefficient (Wildman–Crippen LogP) is 0.670. The SMILES string of the molecule is COC(=O)CNC(=O)C1(N)CCC(CNc2ccccn2)CC1. The van der Waals surface area contributed by atoms with Crippen molar-refractivity contribution in [2.24, 2.45) is 11.7 Å². The van der Waals surface area contributed by atoms with Crippen molar-refractivity contribution >= 4 is 17.7 Å². The summed E-state index contributed by atoms with van der Waals surface area (Å²) in [6, 6.07) is 5.74. The number of hydrogen-bond donors (Lipinski definition) is 3. The number of amides is 1. The highest BCUT2D eigenvalue weighted by Gasteiger charge is 2.38. The summed E-state index contributed by atoms with van der Waals surface area (Å²) in [5.74, 6) is 0.559. The monoisotopic (exact) mass is 320 g/mol. The van der Waals surface area contributed by atoms with Crippen molar-refractivity contribution in [2.45, 2.75) is 31.2 Å². The first-order chi connectivity index (χ1) is 11.0. The third-order valence-electron chi connectivity index (χ3n) is 4.31. The van der Waals surface area contributed by atoms with Crippen LogP contribution in [0.25, 0.3) is 0 Å². The van der Waals surface area contributed by atoms with Gasteiger partial charge >= 0.3 is 5.97 Å². The van der Waals surface area contributed by atoms with Crippen LogP contribution in [-0.2, 0) is 14.3 Å². The molecule has 1 heterocycles. The van der Waals surface area contributed by atoms with E-state index >= 15 is 0 Å². The maximum absolute atomic E-state index is 12.2. The zero-order valence-corrected chi connectivity index (χ0v) is 13.4. The number of ether oxygens (including phenoxy) is 1. The first kappa shape index (κ1) is 17.2. The molecule has 2 rings (SSSR count).